The van der Waals surface area contributed by atoms with Gasteiger partial charge in [0.2, 0.25) is 5.91 Å². The summed E-state index contributed by atoms with van der Waals surface area (Å²) in [6.07, 6.45) is 1.54. The molecular formula is C9H15NO4. The van der Waals surface area contributed by atoms with Crippen molar-refractivity contribution < 1.29 is 19.4 Å². The number of hydrogen-bond acceptors (Lipinski definition) is 3. The molecule has 0 atom stereocenters. The van der Waals surface area contributed by atoms with Gasteiger partial charge in [-0.25, -0.2) is 0 Å². The highest BCUT2D eigenvalue weighted by Gasteiger charge is 2.35. The lowest BCUT2D eigenvalue weighted by molar-refractivity contribution is -0.141. The number of carboxylic acid groups (broad SMARTS) is 1. The molecule has 0 aromatic rings. The van der Waals surface area contributed by atoms with Crippen LogP contribution in [-0.2, 0) is 14.3 Å². The molecule has 0 aliphatic heterocycles. The molecule has 1 rings (SSSR count). The molecule has 80 valence electrons. The molecule has 5 heteroatoms. The third kappa shape index (κ3) is 2.99. The van der Waals surface area contributed by atoms with Crippen LogP contribution in [0.3, 0.4) is 0 Å². The molecule has 0 unspecified atom stereocenters. The Bertz CT molecular complexity index is 223. The Kier molecular flexibility index (Phi) is 3.88. The molecule has 14 heavy (non-hydrogen) atoms. The number of nitrogens with one attached hydrogen (secondary N) is 1. The van der Waals surface area contributed by atoms with Gasteiger partial charge in [-0.3, -0.25) is 9.59 Å². The Hall–Kier alpha value is -1.10. The van der Waals surface area contributed by atoms with Crippen LogP contribution < -0.4 is 5.32 Å². The fourth-order valence-electron chi connectivity index (χ4n) is 1.65. The average Bonchev–Trinajstić information content (AvgIpc) is 2.06. The first-order valence-electron chi connectivity index (χ1n) is 4.62. The second-order valence-electron chi connectivity index (χ2n) is 3.61. The number of rotatable bonds is 5. The van der Waals surface area contributed by atoms with E-state index in [2.05, 4.69) is 5.32 Å². The van der Waals surface area contributed by atoms with Gasteiger partial charge in [-0.2, -0.15) is 0 Å². The number of carbonyl (C=O) groups is 2. The highest BCUT2D eigenvalue weighted by molar-refractivity contribution is 5.79. The molecule has 0 bridgehead atoms. The van der Waals surface area contributed by atoms with Crippen LogP contribution in [0.25, 0.3) is 0 Å². The topological polar surface area (TPSA) is 75.6 Å². The van der Waals surface area contributed by atoms with Crippen LogP contribution in [0.1, 0.15) is 19.3 Å². The lowest BCUT2D eigenvalue weighted by Crippen LogP contribution is -2.40. The molecule has 2 N–H and O–H groups in total. The van der Waals surface area contributed by atoms with Crippen LogP contribution >= 0.6 is 0 Å². The fourth-order valence-corrected chi connectivity index (χ4v) is 1.65. The van der Waals surface area contributed by atoms with Crippen molar-refractivity contribution in [2.24, 2.45) is 11.8 Å². The smallest absolute Gasteiger partial charge is 0.303 e. The summed E-state index contributed by atoms with van der Waals surface area (Å²) in [5.74, 6) is -0.667. The molecular weight excluding hydrogens is 186 g/mol. The van der Waals surface area contributed by atoms with E-state index in [4.69, 9.17) is 9.84 Å². The second kappa shape index (κ2) is 4.95. The van der Waals surface area contributed by atoms with E-state index in [9.17, 15) is 9.59 Å². The van der Waals surface area contributed by atoms with Gasteiger partial charge in [-0.1, -0.05) is 0 Å². The van der Waals surface area contributed by atoms with Crippen molar-refractivity contribution in [1.29, 1.82) is 0 Å². The number of hydrogen-bond donors (Lipinski definition) is 2. The third-order valence-corrected chi connectivity index (χ3v) is 2.46. The van der Waals surface area contributed by atoms with E-state index in [1.807, 2.05) is 0 Å². The molecule has 0 spiro atoms. The van der Waals surface area contributed by atoms with E-state index in [1.165, 1.54) is 7.11 Å². The first-order valence-corrected chi connectivity index (χ1v) is 4.62. The Balaban J connectivity index is 2.14. The van der Waals surface area contributed by atoms with Crippen molar-refractivity contribution in [3.8, 4) is 0 Å². The molecule has 1 saturated carbocycles. The third-order valence-electron chi connectivity index (χ3n) is 2.46. The normalized spacial score (nSPS) is 25.2. The van der Waals surface area contributed by atoms with Crippen molar-refractivity contribution in [3.05, 3.63) is 0 Å². The highest BCUT2D eigenvalue weighted by Crippen LogP contribution is 2.35. The lowest BCUT2D eigenvalue weighted by atomic mass is 9.73. The lowest BCUT2D eigenvalue weighted by Gasteiger charge is -2.33. The quantitative estimate of drug-likeness (QED) is 0.623. The monoisotopic (exact) mass is 201 g/mol. The molecule has 5 nitrogen and oxygen atoms in total. The zero-order valence-electron chi connectivity index (χ0n) is 8.16. The number of carbonyl (C=O) groups excluding carboxylic acids is 1. The Labute approximate surface area is 82.4 Å². The fraction of sp³-hybridized carbons (Fsp3) is 0.778. The Morgan fingerprint density at radius 2 is 2.14 bits per heavy atom. The van der Waals surface area contributed by atoms with Gasteiger partial charge >= 0.3 is 5.97 Å². The van der Waals surface area contributed by atoms with Crippen molar-refractivity contribution >= 4 is 11.9 Å². The minimum Gasteiger partial charge on any atom is -0.481 e. The van der Waals surface area contributed by atoms with Gasteiger partial charge in [0.05, 0.1) is 0 Å². The average molecular weight is 201 g/mol. The Morgan fingerprint density at radius 1 is 1.50 bits per heavy atom. The summed E-state index contributed by atoms with van der Waals surface area (Å²) in [5.41, 5.74) is 0. The van der Waals surface area contributed by atoms with Crippen LogP contribution in [0.15, 0.2) is 0 Å². The number of ether oxygens (including phenoxy) is 1. The first-order chi connectivity index (χ1) is 6.63. The molecule has 0 radical (unpaired) electrons. The summed E-state index contributed by atoms with van der Waals surface area (Å²) in [4.78, 5) is 21.6. The highest BCUT2D eigenvalue weighted by atomic mass is 16.5. The van der Waals surface area contributed by atoms with Gasteiger partial charge in [0.15, 0.2) is 0 Å². The van der Waals surface area contributed by atoms with Gasteiger partial charge < -0.3 is 15.2 Å². The molecule has 0 aromatic heterocycles. The summed E-state index contributed by atoms with van der Waals surface area (Å²) in [5, 5.41) is 11.1. The number of amides is 1. The number of aliphatic carboxylic acids is 1. The predicted molar refractivity (Wildman–Crippen MR) is 48.5 cm³/mol. The molecule has 1 aliphatic carbocycles. The van der Waals surface area contributed by atoms with Crippen molar-refractivity contribution in [2.75, 3.05) is 13.8 Å². The van der Waals surface area contributed by atoms with E-state index >= 15 is 0 Å². The Morgan fingerprint density at radius 3 is 2.64 bits per heavy atom. The van der Waals surface area contributed by atoms with Crippen molar-refractivity contribution in [2.45, 2.75) is 19.3 Å². The van der Waals surface area contributed by atoms with Gasteiger partial charge in [-0.15, -0.1) is 0 Å². The molecule has 1 amide bonds. The maximum atomic E-state index is 11.3. The summed E-state index contributed by atoms with van der Waals surface area (Å²) in [7, 11) is 1.51. The van der Waals surface area contributed by atoms with E-state index in [0.717, 1.165) is 0 Å². The van der Waals surface area contributed by atoms with Crippen molar-refractivity contribution in [3.63, 3.8) is 0 Å². The zero-order valence-corrected chi connectivity index (χ0v) is 8.16. The second-order valence-corrected chi connectivity index (χ2v) is 3.61. The van der Waals surface area contributed by atoms with E-state index < -0.39 is 5.97 Å². The zero-order chi connectivity index (χ0) is 10.6. The maximum Gasteiger partial charge on any atom is 0.303 e. The van der Waals surface area contributed by atoms with Crippen LogP contribution in [-0.4, -0.2) is 30.8 Å². The van der Waals surface area contributed by atoms with E-state index in [1.54, 1.807) is 0 Å². The minimum absolute atomic E-state index is 0.0190. The molecule has 1 aliphatic rings. The molecule has 0 aromatic carbocycles. The van der Waals surface area contributed by atoms with Crippen LogP contribution in [0.4, 0.5) is 0 Å². The molecule has 0 heterocycles. The number of methoxy groups -OCH3 is 1. The largest absolute Gasteiger partial charge is 0.481 e. The van der Waals surface area contributed by atoms with Crippen LogP contribution in [0, 0.1) is 11.8 Å². The molecule has 0 saturated heterocycles. The summed E-state index contributed by atoms with van der Waals surface area (Å²) in [6.45, 7) is 0.221. The van der Waals surface area contributed by atoms with E-state index in [-0.39, 0.29) is 30.9 Å². The minimum atomic E-state index is -0.786. The van der Waals surface area contributed by atoms with E-state index in [0.29, 0.717) is 12.8 Å². The summed E-state index contributed by atoms with van der Waals surface area (Å²) < 4.78 is 4.70. The maximum absolute atomic E-state index is 11.3. The predicted octanol–water partition coefficient (Wildman–Crippen LogP) is 0.207. The van der Waals surface area contributed by atoms with Gasteiger partial charge in [0.1, 0.15) is 6.73 Å². The first kappa shape index (κ1) is 11.0. The number of carboxylic acids is 1. The van der Waals surface area contributed by atoms with Gasteiger partial charge in [0, 0.05) is 19.4 Å². The summed E-state index contributed by atoms with van der Waals surface area (Å²) in [6, 6.07) is 0. The van der Waals surface area contributed by atoms with Crippen molar-refractivity contribution in [1.82, 2.24) is 5.32 Å². The standard InChI is InChI=1S/C9H15NO4/c1-14-5-10-9(13)7-2-6(3-7)4-8(11)12/h6-7H,2-5H2,1H3,(H,10,13)(H,11,12). The summed E-state index contributed by atoms with van der Waals surface area (Å²) >= 11 is 0. The van der Waals surface area contributed by atoms with Gasteiger partial charge in [-0.05, 0) is 18.8 Å². The van der Waals surface area contributed by atoms with Crippen LogP contribution in [0.5, 0.6) is 0 Å². The molecule has 1 fully saturated rings. The SMILES string of the molecule is COCNC(=O)C1CC(CC(=O)O)C1. The van der Waals surface area contributed by atoms with Crippen LogP contribution in [0.2, 0.25) is 0 Å². The van der Waals surface area contributed by atoms with Gasteiger partial charge in [0.25, 0.3) is 0 Å².